The van der Waals surface area contributed by atoms with Crippen LogP contribution in [0.1, 0.15) is 28.4 Å². The molecule has 0 saturated heterocycles. The highest BCUT2D eigenvalue weighted by atomic mass is 16.2. The third kappa shape index (κ3) is 2.57. The van der Waals surface area contributed by atoms with Crippen molar-refractivity contribution in [3.8, 4) is 0 Å². The van der Waals surface area contributed by atoms with Crippen LogP contribution in [0.3, 0.4) is 0 Å². The molecule has 4 heteroatoms. The Labute approximate surface area is 110 Å². The first-order valence-corrected chi connectivity index (χ1v) is 6.29. The molecule has 1 saturated carbocycles. The molecule has 2 N–H and O–H groups in total. The number of hydrogen-bond donors (Lipinski definition) is 2. The Bertz CT molecular complexity index is 648. The number of hydrogen-bond acceptors (Lipinski definition) is 2. The average Bonchev–Trinajstić information content (AvgIpc) is 3.19. The van der Waals surface area contributed by atoms with Gasteiger partial charge in [0.2, 0.25) is 5.56 Å². The Hall–Kier alpha value is -2.36. The third-order valence-electron chi connectivity index (χ3n) is 3.35. The van der Waals surface area contributed by atoms with Crippen LogP contribution in [0.15, 0.2) is 53.3 Å². The van der Waals surface area contributed by atoms with Crippen molar-refractivity contribution in [2.75, 3.05) is 0 Å². The lowest BCUT2D eigenvalue weighted by Crippen LogP contribution is -2.28. The number of aromatic amines is 1. The van der Waals surface area contributed by atoms with Crippen molar-refractivity contribution in [1.82, 2.24) is 10.3 Å². The van der Waals surface area contributed by atoms with Gasteiger partial charge in [0.25, 0.3) is 5.91 Å². The fraction of sp³-hybridized carbons (Fsp3) is 0.200. The van der Waals surface area contributed by atoms with Gasteiger partial charge in [-0.2, -0.15) is 0 Å². The molecule has 96 valence electrons. The Balaban J connectivity index is 1.65. The Morgan fingerprint density at radius 3 is 2.63 bits per heavy atom. The van der Waals surface area contributed by atoms with E-state index >= 15 is 0 Å². The summed E-state index contributed by atoms with van der Waals surface area (Å²) in [5.74, 6) is 0.168. The molecule has 0 radical (unpaired) electrons. The van der Waals surface area contributed by atoms with Crippen LogP contribution in [-0.4, -0.2) is 16.9 Å². The molecular weight excluding hydrogens is 240 g/mol. The van der Waals surface area contributed by atoms with Crippen molar-refractivity contribution in [2.24, 2.45) is 0 Å². The van der Waals surface area contributed by atoms with E-state index in [2.05, 4.69) is 22.4 Å². The van der Waals surface area contributed by atoms with E-state index in [1.807, 2.05) is 18.2 Å². The van der Waals surface area contributed by atoms with Crippen molar-refractivity contribution < 1.29 is 4.79 Å². The highest BCUT2D eigenvalue weighted by molar-refractivity contribution is 5.92. The number of carbonyl (C=O) groups is 1. The van der Waals surface area contributed by atoms with Gasteiger partial charge in [0.1, 0.15) is 5.69 Å². The maximum Gasteiger partial charge on any atom is 0.268 e. The number of nitrogens with one attached hydrogen (secondary N) is 2. The quantitative estimate of drug-likeness (QED) is 0.875. The number of benzene rings is 1. The van der Waals surface area contributed by atoms with E-state index in [0.29, 0.717) is 11.6 Å². The zero-order valence-corrected chi connectivity index (χ0v) is 10.3. The summed E-state index contributed by atoms with van der Waals surface area (Å²) in [6.45, 7) is 0. The van der Waals surface area contributed by atoms with Crippen molar-refractivity contribution in [3.05, 3.63) is 70.1 Å². The number of aromatic nitrogens is 1. The fourth-order valence-electron chi connectivity index (χ4n) is 2.25. The number of H-pyrrole nitrogens is 1. The number of carbonyl (C=O) groups excluding carboxylic acids is 1. The van der Waals surface area contributed by atoms with Gasteiger partial charge in [-0.15, -0.1) is 0 Å². The molecule has 1 heterocycles. The van der Waals surface area contributed by atoms with Crippen molar-refractivity contribution >= 4 is 5.91 Å². The normalized spacial score (nSPS) is 20.8. The maximum absolute atomic E-state index is 11.9. The predicted octanol–water partition coefficient (Wildman–Crippen LogP) is 1.66. The second-order valence-corrected chi connectivity index (χ2v) is 4.76. The molecule has 2 atom stereocenters. The minimum Gasteiger partial charge on any atom is -0.347 e. The van der Waals surface area contributed by atoms with E-state index < -0.39 is 0 Å². The number of amides is 1. The van der Waals surface area contributed by atoms with Crippen LogP contribution < -0.4 is 10.9 Å². The summed E-state index contributed by atoms with van der Waals surface area (Å²) in [6.07, 6.45) is 0.951. The SMILES string of the molecule is O=C(NC1CC1c1ccccc1)c1cccc(=O)[nH]1. The number of pyridine rings is 1. The molecule has 4 nitrogen and oxygen atoms in total. The zero-order chi connectivity index (χ0) is 13.2. The summed E-state index contributed by atoms with van der Waals surface area (Å²) in [7, 11) is 0. The molecule has 1 aromatic carbocycles. The summed E-state index contributed by atoms with van der Waals surface area (Å²) in [5, 5.41) is 2.94. The van der Waals surface area contributed by atoms with Crippen LogP contribution in [0.25, 0.3) is 0 Å². The molecule has 1 aliphatic carbocycles. The smallest absolute Gasteiger partial charge is 0.268 e. The zero-order valence-electron chi connectivity index (χ0n) is 10.3. The van der Waals surface area contributed by atoms with E-state index in [0.717, 1.165) is 6.42 Å². The van der Waals surface area contributed by atoms with E-state index in [1.54, 1.807) is 12.1 Å². The van der Waals surface area contributed by atoms with E-state index in [-0.39, 0.29) is 17.5 Å². The first kappa shape index (κ1) is 11.7. The van der Waals surface area contributed by atoms with Crippen molar-refractivity contribution in [1.29, 1.82) is 0 Å². The third-order valence-corrected chi connectivity index (χ3v) is 3.35. The molecule has 1 fully saturated rings. The van der Waals surface area contributed by atoms with Gasteiger partial charge in [0.15, 0.2) is 0 Å². The molecule has 1 aromatic heterocycles. The van der Waals surface area contributed by atoms with Gasteiger partial charge in [-0.25, -0.2) is 0 Å². The Morgan fingerprint density at radius 1 is 1.11 bits per heavy atom. The summed E-state index contributed by atoms with van der Waals surface area (Å²) in [4.78, 5) is 25.6. The highest BCUT2D eigenvalue weighted by Crippen LogP contribution is 2.40. The minimum absolute atomic E-state index is 0.165. The van der Waals surface area contributed by atoms with Crippen LogP contribution in [0.4, 0.5) is 0 Å². The summed E-state index contributed by atoms with van der Waals surface area (Å²) < 4.78 is 0. The van der Waals surface area contributed by atoms with Crippen molar-refractivity contribution in [3.63, 3.8) is 0 Å². The summed E-state index contributed by atoms with van der Waals surface area (Å²) >= 11 is 0. The molecular formula is C15H14N2O2. The standard InChI is InChI=1S/C15H14N2O2/c18-14-8-4-7-12(16-14)15(19)17-13-9-11(13)10-5-2-1-3-6-10/h1-8,11,13H,9H2,(H,16,18)(H,17,19). The second kappa shape index (κ2) is 4.72. The summed E-state index contributed by atoms with van der Waals surface area (Å²) in [5.41, 5.74) is 1.30. The maximum atomic E-state index is 11.9. The molecule has 19 heavy (non-hydrogen) atoms. The summed E-state index contributed by atoms with van der Waals surface area (Å²) in [6, 6.07) is 14.9. The topological polar surface area (TPSA) is 62.0 Å². The Morgan fingerprint density at radius 2 is 1.89 bits per heavy atom. The second-order valence-electron chi connectivity index (χ2n) is 4.76. The molecule has 1 amide bonds. The van der Waals surface area contributed by atoms with Crippen LogP contribution in [0, 0.1) is 0 Å². The van der Waals surface area contributed by atoms with Gasteiger partial charge < -0.3 is 10.3 Å². The highest BCUT2D eigenvalue weighted by Gasteiger charge is 2.39. The van der Waals surface area contributed by atoms with Gasteiger partial charge in [0.05, 0.1) is 0 Å². The molecule has 2 aromatic rings. The fourth-order valence-corrected chi connectivity index (χ4v) is 2.25. The van der Waals surface area contributed by atoms with Crippen LogP contribution in [0.2, 0.25) is 0 Å². The monoisotopic (exact) mass is 254 g/mol. The lowest BCUT2D eigenvalue weighted by molar-refractivity contribution is 0.0945. The Kier molecular flexibility index (Phi) is 2.91. The van der Waals surface area contributed by atoms with Gasteiger partial charge in [-0.1, -0.05) is 36.4 Å². The lowest BCUT2D eigenvalue weighted by atomic mass is 10.1. The van der Waals surface area contributed by atoms with Crippen LogP contribution in [-0.2, 0) is 0 Å². The minimum atomic E-state index is -0.261. The first-order valence-electron chi connectivity index (χ1n) is 6.29. The molecule has 2 unspecified atom stereocenters. The number of rotatable bonds is 3. The average molecular weight is 254 g/mol. The van der Waals surface area contributed by atoms with E-state index in [4.69, 9.17) is 0 Å². The van der Waals surface area contributed by atoms with Crippen LogP contribution >= 0.6 is 0 Å². The van der Waals surface area contributed by atoms with E-state index in [1.165, 1.54) is 11.6 Å². The molecule has 0 spiro atoms. The van der Waals surface area contributed by atoms with Crippen LogP contribution in [0.5, 0.6) is 0 Å². The lowest BCUT2D eigenvalue weighted by Gasteiger charge is -2.04. The largest absolute Gasteiger partial charge is 0.347 e. The molecule has 3 rings (SSSR count). The first-order chi connectivity index (χ1) is 9.24. The molecule has 0 aliphatic heterocycles. The van der Waals surface area contributed by atoms with Gasteiger partial charge >= 0.3 is 0 Å². The van der Waals surface area contributed by atoms with Crippen molar-refractivity contribution in [2.45, 2.75) is 18.4 Å². The van der Waals surface area contributed by atoms with Gasteiger partial charge in [-0.05, 0) is 18.1 Å². The molecule has 1 aliphatic rings. The molecule has 0 bridgehead atoms. The van der Waals surface area contributed by atoms with Gasteiger partial charge in [0, 0.05) is 18.0 Å². The van der Waals surface area contributed by atoms with Gasteiger partial charge in [-0.3, -0.25) is 9.59 Å². The van der Waals surface area contributed by atoms with E-state index in [9.17, 15) is 9.59 Å². The predicted molar refractivity (Wildman–Crippen MR) is 72.1 cm³/mol.